The Labute approximate surface area is 187 Å². The predicted molar refractivity (Wildman–Crippen MR) is 122 cm³/mol. The molecule has 4 heterocycles. The van der Waals surface area contributed by atoms with Crippen LogP contribution < -0.4 is 4.90 Å². The van der Waals surface area contributed by atoms with Crippen LogP contribution in [0.4, 0.5) is 5.82 Å². The van der Waals surface area contributed by atoms with Crippen molar-refractivity contribution in [1.29, 1.82) is 0 Å². The number of carbonyl (C=O) groups is 2. The van der Waals surface area contributed by atoms with Gasteiger partial charge in [-0.25, -0.2) is 9.88 Å². The zero-order valence-corrected chi connectivity index (χ0v) is 18.8. The number of aryl methyl sites for hydroxylation is 1. The number of carbonyl (C=O) groups excluding carboxylic acids is 2. The van der Waals surface area contributed by atoms with E-state index in [1.54, 1.807) is 25.3 Å². The average molecular weight is 433 g/mol. The van der Waals surface area contributed by atoms with Gasteiger partial charge in [-0.3, -0.25) is 9.59 Å². The van der Waals surface area contributed by atoms with Crippen molar-refractivity contribution in [3.05, 3.63) is 58.9 Å². The summed E-state index contributed by atoms with van der Waals surface area (Å²) in [6.07, 6.45) is 2.96. The van der Waals surface area contributed by atoms with E-state index >= 15 is 0 Å². The van der Waals surface area contributed by atoms with Gasteiger partial charge in [-0.15, -0.1) is 0 Å². The van der Waals surface area contributed by atoms with Crippen LogP contribution in [0.2, 0.25) is 0 Å². The van der Waals surface area contributed by atoms with Crippen LogP contribution in [-0.2, 0) is 34.7 Å². The van der Waals surface area contributed by atoms with Crippen LogP contribution in [0.25, 0.3) is 10.9 Å². The highest BCUT2D eigenvalue weighted by Gasteiger charge is 2.33. The minimum absolute atomic E-state index is 0.223. The van der Waals surface area contributed by atoms with Gasteiger partial charge in [-0.2, -0.15) is 0 Å². The maximum Gasteiger partial charge on any atom is 0.235 e. The van der Waals surface area contributed by atoms with Crippen LogP contribution in [0.3, 0.4) is 0 Å². The number of hydrogen-bond donors (Lipinski definition) is 1. The van der Waals surface area contributed by atoms with Gasteiger partial charge < -0.3 is 14.6 Å². The summed E-state index contributed by atoms with van der Waals surface area (Å²) in [4.78, 5) is 31.8. The third-order valence-corrected chi connectivity index (χ3v) is 6.72. The highest BCUT2D eigenvalue weighted by Crippen LogP contribution is 2.34. The van der Waals surface area contributed by atoms with Gasteiger partial charge in [0.2, 0.25) is 11.8 Å². The molecule has 2 aliphatic rings. The molecule has 1 unspecified atom stereocenters. The molecular weight excluding hydrogens is 404 g/mol. The first-order valence-electron chi connectivity index (χ1n) is 11.1. The molecule has 7 heteroatoms. The van der Waals surface area contributed by atoms with E-state index in [1.165, 1.54) is 22.2 Å². The summed E-state index contributed by atoms with van der Waals surface area (Å²) in [7, 11) is 2.14. The predicted octanol–water partition coefficient (Wildman–Crippen LogP) is 2.89. The lowest BCUT2D eigenvalue weighted by atomic mass is 9.97. The minimum atomic E-state index is -1.17. The number of pyridine rings is 1. The van der Waals surface area contributed by atoms with Crippen molar-refractivity contribution in [2.24, 2.45) is 0 Å². The Morgan fingerprint density at radius 2 is 1.84 bits per heavy atom. The second-order valence-electron chi connectivity index (χ2n) is 9.32. The van der Waals surface area contributed by atoms with Gasteiger partial charge in [0.05, 0.1) is 6.54 Å². The van der Waals surface area contributed by atoms with Crippen LogP contribution >= 0.6 is 0 Å². The van der Waals surface area contributed by atoms with E-state index in [9.17, 15) is 14.7 Å². The van der Waals surface area contributed by atoms with Crippen LogP contribution in [-0.4, -0.2) is 45.0 Å². The number of fused-ring (bicyclic) bond motifs is 3. The second kappa shape index (κ2) is 7.53. The van der Waals surface area contributed by atoms with Crippen LogP contribution in [0.5, 0.6) is 0 Å². The molecule has 0 aliphatic carbocycles. The van der Waals surface area contributed by atoms with Gasteiger partial charge in [-0.1, -0.05) is 17.7 Å². The Kier molecular flexibility index (Phi) is 4.91. The Bertz CT molecular complexity index is 1210. The summed E-state index contributed by atoms with van der Waals surface area (Å²) in [6.45, 7) is 6.18. The van der Waals surface area contributed by atoms with E-state index in [-0.39, 0.29) is 24.7 Å². The SMILES string of the molecule is Cc1ccc2c(c1)c1c(n2CC(C)(O)c2ccc(N3C(=O)CCC3=O)nc2)CCN(C)C1. The van der Waals surface area contributed by atoms with E-state index in [2.05, 4.69) is 46.6 Å². The van der Waals surface area contributed by atoms with Gasteiger partial charge >= 0.3 is 0 Å². The summed E-state index contributed by atoms with van der Waals surface area (Å²) < 4.78 is 2.25. The van der Waals surface area contributed by atoms with Gasteiger partial charge in [0.25, 0.3) is 0 Å². The number of nitrogens with zero attached hydrogens (tertiary/aromatic N) is 4. The molecule has 5 rings (SSSR count). The third kappa shape index (κ3) is 3.42. The summed E-state index contributed by atoms with van der Waals surface area (Å²) >= 11 is 0. The number of benzene rings is 1. The molecule has 0 saturated carbocycles. The first-order valence-corrected chi connectivity index (χ1v) is 11.1. The monoisotopic (exact) mass is 432 g/mol. The zero-order chi connectivity index (χ0) is 22.6. The van der Waals surface area contributed by atoms with Gasteiger partial charge in [-0.05, 0) is 44.7 Å². The minimum Gasteiger partial charge on any atom is -0.384 e. The van der Waals surface area contributed by atoms with E-state index in [0.717, 1.165) is 29.9 Å². The lowest BCUT2D eigenvalue weighted by molar-refractivity contribution is -0.121. The molecule has 2 aliphatic heterocycles. The van der Waals surface area contributed by atoms with Crippen LogP contribution in [0, 0.1) is 6.92 Å². The number of aromatic nitrogens is 2. The molecule has 32 heavy (non-hydrogen) atoms. The molecule has 3 aromatic rings. The molecule has 1 saturated heterocycles. The highest BCUT2D eigenvalue weighted by molar-refractivity contribution is 6.19. The fraction of sp³-hybridized carbons (Fsp3) is 0.400. The van der Waals surface area contributed by atoms with Gasteiger partial charge in [0.15, 0.2) is 0 Å². The molecule has 0 spiro atoms. The van der Waals surface area contributed by atoms with Gasteiger partial charge in [0, 0.05) is 60.7 Å². The maximum absolute atomic E-state index is 12.0. The lowest BCUT2D eigenvalue weighted by Crippen LogP contribution is -2.32. The second-order valence-corrected chi connectivity index (χ2v) is 9.32. The van der Waals surface area contributed by atoms with Crippen molar-refractivity contribution in [2.45, 2.75) is 51.8 Å². The van der Waals surface area contributed by atoms with E-state index in [4.69, 9.17) is 0 Å². The number of amides is 2. The Morgan fingerprint density at radius 1 is 1.09 bits per heavy atom. The van der Waals surface area contributed by atoms with Crippen molar-refractivity contribution < 1.29 is 14.7 Å². The molecule has 1 N–H and O–H groups in total. The van der Waals surface area contributed by atoms with Crippen molar-refractivity contribution >= 4 is 28.5 Å². The van der Waals surface area contributed by atoms with E-state index < -0.39 is 5.60 Å². The Hall–Kier alpha value is -3.03. The summed E-state index contributed by atoms with van der Waals surface area (Å²) in [6, 6.07) is 9.90. The smallest absolute Gasteiger partial charge is 0.235 e. The van der Waals surface area contributed by atoms with Crippen molar-refractivity contribution in [2.75, 3.05) is 18.5 Å². The summed E-state index contributed by atoms with van der Waals surface area (Å²) in [5.41, 5.74) is 4.46. The van der Waals surface area contributed by atoms with Crippen molar-refractivity contribution in [3.63, 3.8) is 0 Å². The highest BCUT2D eigenvalue weighted by atomic mass is 16.3. The number of likely N-dealkylation sites (N-methyl/N-ethyl adjacent to an activating group) is 1. The number of rotatable bonds is 4. The fourth-order valence-electron chi connectivity index (χ4n) is 4.95. The molecule has 1 fully saturated rings. The van der Waals surface area contributed by atoms with Crippen LogP contribution in [0.15, 0.2) is 36.5 Å². The van der Waals surface area contributed by atoms with Crippen molar-refractivity contribution in [1.82, 2.24) is 14.5 Å². The van der Waals surface area contributed by atoms with Crippen molar-refractivity contribution in [3.8, 4) is 0 Å². The quantitative estimate of drug-likeness (QED) is 0.642. The van der Waals surface area contributed by atoms with Crippen LogP contribution in [0.1, 0.15) is 42.1 Å². The molecule has 7 nitrogen and oxygen atoms in total. The molecule has 166 valence electrons. The fourth-order valence-corrected chi connectivity index (χ4v) is 4.95. The van der Waals surface area contributed by atoms with Gasteiger partial charge in [0.1, 0.15) is 11.4 Å². The number of aliphatic hydroxyl groups is 1. The molecule has 0 bridgehead atoms. The molecular formula is C25H28N4O3. The van der Waals surface area contributed by atoms with E-state index in [0.29, 0.717) is 17.9 Å². The number of anilines is 1. The number of imide groups is 1. The zero-order valence-electron chi connectivity index (χ0n) is 18.8. The first kappa shape index (κ1) is 20.8. The maximum atomic E-state index is 12.0. The van der Waals surface area contributed by atoms with E-state index in [1.807, 2.05) is 0 Å². The Balaban J connectivity index is 1.50. The largest absolute Gasteiger partial charge is 0.384 e. The molecule has 2 amide bonds. The molecule has 1 aromatic carbocycles. The summed E-state index contributed by atoms with van der Waals surface area (Å²) in [5.74, 6) is -0.139. The normalized spacial score (nSPS) is 18.9. The average Bonchev–Trinajstić information content (AvgIpc) is 3.24. The standard InChI is InChI=1S/C25H28N4O3/c1-16-4-6-20-18(12-16)19-14-27(3)11-10-21(19)28(20)15-25(2,32)17-5-7-22(26-13-17)29-23(30)8-9-24(29)31/h4-7,12-13,32H,8-11,14-15H2,1-3H3. The number of hydrogen-bond acceptors (Lipinski definition) is 5. The molecule has 2 aromatic heterocycles. The third-order valence-electron chi connectivity index (χ3n) is 6.72. The topological polar surface area (TPSA) is 78.7 Å². The molecule has 0 radical (unpaired) electrons. The summed E-state index contributed by atoms with van der Waals surface area (Å²) in [5, 5.41) is 12.7. The first-order chi connectivity index (χ1) is 15.2. The lowest BCUT2D eigenvalue weighted by Gasteiger charge is -2.29. The Morgan fingerprint density at radius 3 is 2.53 bits per heavy atom. The molecule has 1 atom stereocenters.